The molecule has 0 atom stereocenters. The first-order valence-electron chi connectivity index (χ1n) is 8.40. The van der Waals surface area contributed by atoms with Gasteiger partial charge in [-0.2, -0.15) is 0 Å². The van der Waals surface area contributed by atoms with Gasteiger partial charge in [-0.3, -0.25) is 9.69 Å². The van der Waals surface area contributed by atoms with Crippen molar-refractivity contribution in [1.82, 2.24) is 4.90 Å². The maximum atomic E-state index is 12.6. The van der Waals surface area contributed by atoms with Gasteiger partial charge in [0.05, 0.1) is 35.8 Å². The van der Waals surface area contributed by atoms with Crippen LogP contribution in [0.25, 0.3) is 0 Å². The molecule has 2 aromatic rings. The second-order valence-corrected chi connectivity index (χ2v) is 6.09. The zero-order valence-electron chi connectivity index (χ0n) is 13.6. The predicted octanol–water partition coefficient (Wildman–Crippen LogP) is 2.72. The van der Waals surface area contributed by atoms with Gasteiger partial charge >= 0.3 is 0 Å². The first kappa shape index (κ1) is 15.2. The molecule has 2 heterocycles. The van der Waals surface area contributed by atoms with Crippen molar-refractivity contribution in [3.8, 4) is 0 Å². The molecule has 1 fully saturated rings. The van der Waals surface area contributed by atoms with Crippen molar-refractivity contribution in [2.45, 2.75) is 0 Å². The number of nitrogens with zero attached hydrogens (tertiary/aromatic N) is 2. The zero-order chi connectivity index (χ0) is 16.4. The molecule has 0 aliphatic carbocycles. The molecule has 4 rings (SSSR count). The third kappa shape index (κ3) is 2.88. The van der Waals surface area contributed by atoms with Crippen LogP contribution in [0.2, 0.25) is 0 Å². The van der Waals surface area contributed by atoms with Crippen molar-refractivity contribution in [3.05, 3.63) is 54.1 Å². The van der Waals surface area contributed by atoms with Gasteiger partial charge in [-0.25, -0.2) is 0 Å². The van der Waals surface area contributed by atoms with Gasteiger partial charge in [0.25, 0.3) is 5.91 Å². The number of carbonyl (C=O) groups is 1. The molecule has 0 bridgehead atoms. The fraction of sp³-hybridized carbons (Fsp3) is 0.316. The van der Waals surface area contributed by atoms with Crippen LogP contribution in [-0.2, 0) is 4.74 Å². The Morgan fingerprint density at radius 2 is 1.62 bits per heavy atom. The van der Waals surface area contributed by atoms with Gasteiger partial charge in [-0.1, -0.05) is 24.3 Å². The minimum Gasteiger partial charge on any atom is -0.379 e. The van der Waals surface area contributed by atoms with Crippen LogP contribution < -0.4 is 10.2 Å². The number of hydrogen-bond donors (Lipinski definition) is 1. The number of rotatable bonds is 3. The molecule has 0 radical (unpaired) electrons. The lowest BCUT2D eigenvalue weighted by molar-refractivity contribution is 0.0394. The third-order valence-corrected chi connectivity index (χ3v) is 4.63. The largest absolute Gasteiger partial charge is 0.379 e. The molecule has 2 aromatic carbocycles. The van der Waals surface area contributed by atoms with Crippen LogP contribution in [0.4, 0.5) is 17.1 Å². The Kier molecular flexibility index (Phi) is 4.19. The van der Waals surface area contributed by atoms with E-state index in [2.05, 4.69) is 21.2 Å². The molecule has 5 nitrogen and oxygen atoms in total. The fourth-order valence-electron chi connectivity index (χ4n) is 3.34. The Morgan fingerprint density at radius 1 is 0.917 bits per heavy atom. The SMILES string of the molecule is O=C1Nc2ccccc2N(CCN2CCOCC2)c2ccccc21. The number of anilines is 3. The van der Waals surface area contributed by atoms with Gasteiger partial charge in [-0.15, -0.1) is 0 Å². The van der Waals surface area contributed by atoms with Gasteiger partial charge in [-0.05, 0) is 24.3 Å². The minimum atomic E-state index is -0.0491. The van der Waals surface area contributed by atoms with Crippen molar-refractivity contribution in [2.75, 3.05) is 49.6 Å². The second kappa shape index (κ2) is 6.63. The summed E-state index contributed by atoms with van der Waals surface area (Å²) in [4.78, 5) is 17.2. The molecule has 1 saturated heterocycles. The highest BCUT2D eigenvalue weighted by molar-refractivity contribution is 6.12. The maximum Gasteiger partial charge on any atom is 0.257 e. The van der Waals surface area contributed by atoms with Gasteiger partial charge < -0.3 is 15.0 Å². The maximum absolute atomic E-state index is 12.6. The van der Waals surface area contributed by atoms with Crippen LogP contribution in [0.5, 0.6) is 0 Å². The molecule has 5 heteroatoms. The number of nitrogens with one attached hydrogen (secondary N) is 1. The lowest BCUT2D eigenvalue weighted by atomic mass is 10.1. The van der Waals surface area contributed by atoms with Crippen LogP contribution in [0, 0.1) is 0 Å². The number of benzene rings is 2. The third-order valence-electron chi connectivity index (χ3n) is 4.63. The first-order chi connectivity index (χ1) is 11.8. The monoisotopic (exact) mass is 323 g/mol. The number of hydrogen-bond acceptors (Lipinski definition) is 4. The van der Waals surface area contributed by atoms with Crippen LogP contribution in [-0.4, -0.2) is 50.2 Å². The zero-order valence-corrected chi connectivity index (χ0v) is 13.6. The molecule has 1 N–H and O–H groups in total. The molecule has 124 valence electrons. The lowest BCUT2D eigenvalue weighted by Gasteiger charge is -2.31. The topological polar surface area (TPSA) is 44.8 Å². The van der Waals surface area contributed by atoms with E-state index in [0.29, 0.717) is 0 Å². The number of amides is 1. The molecule has 0 spiro atoms. The summed E-state index contributed by atoms with van der Waals surface area (Å²) in [7, 11) is 0. The van der Waals surface area contributed by atoms with Gasteiger partial charge in [0.2, 0.25) is 0 Å². The van der Waals surface area contributed by atoms with Crippen LogP contribution in [0.1, 0.15) is 10.4 Å². The highest BCUT2D eigenvalue weighted by Crippen LogP contribution is 2.37. The minimum absolute atomic E-state index is 0.0491. The molecular formula is C19H21N3O2. The Labute approximate surface area is 141 Å². The standard InChI is InChI=1S/C19H21N3O2/c23-19-15-5-1-3-7-17(15)22(10-9-21-11-13-24-14-12-21)18-8-4-2-6-16(18)20-19/h1-8H,9-14H2,(H,20,23). The number of morpholine rings is 1. The molecular weight excluding hydrogens is 302 g/mol. The quantitative estimate of drug-likeness (QED) is 0.943. The summed E-state index contributed by atoms with van der Waals surface area (Å²) in [5.41, 5.74) is 3.59. The van der Waals surface area contributed by atoms with Gasteiger partial charge in [0.1, 0.15) is 0 Å². The predicted molar refractivity (Wildman–Crippen MR) is 95.1 cm³/mol. The summed E-state index contributed by atoms with van der Waals surface area (Å²) in [6.45, 7) is 5.31. The highest BCUT2D eigenvalue weighted by Gasteiger charge is 2.25. The van der Waals surface area contributed by atoms with Gasteiger partial charge in [0, 0.05) is 26.2 Å². The van der Waals surface area contributed by atoms with Gasteiger partial charge in [0.15, 0.2) is 0 Å². The number of ether oxygens (including phenoxy) is 1. The van der Waals surface area contributed by atoms with Crippen molar-refractivity contribution in [1.29, 1.82) is 0 Å². The van der Waals surface area contributed by atoms with E-state index in [0.717, 1.165) is 62.0 Å². The molecule has 0 unspecified atom stereocenters. The Bertz CT molecular complexity index is 741. The van der Waals surface area contributed by atoms with E-state index in [1.807, 2.05) is 42.5 Å². The van der Waals surface area contributed by atoms with Crippen LogP contribution in [0.15, 0.2) is 48.5 Å². The Morgan fingerprint density at radius 3 is 2.46 bits per heavy atom. The summed E-state index contributed by atoms with van der Waals surface area (Å²) in [5, 5.41) is 3.03. The van der Waals surface area contributed by atoms with E-state index in [1.165, 1.54) is 0 Å². The molecule has 2 aliphatic rings. The smallest absolute Gasteiger partial charge is 0.257 e. The summed E-state index contributed by atoms with van der Waals surface area (Å²) in [6, 6.07) is 15.8. The normalized spacial score (nSPS) is 17.7. The summed E-state index contributed by atoms with van der Waals surface area (Å²) >= 11 is 0. The molecule has 0 aromatic heterocycles. The van der Waals surface area contributed by atoms with E-state index in [9.17, 15) is 4.79 Å². The van der Waals surface area contributed by atoms with E-state index in [1.54, 1.807) is 0 Å². The average molecular weight is 323 g/mol. The van der Waals surface area contributed by atoms with E-state index < -0.39 is 0 Å². The Balaban J connectivity index is 1.68. The van der Waals surface area contributed by atoms with Crippen molar-refractivity contribution in [3.63, 3.8) is 0 Å². The lowest BCUT2D eigenvalue weighted by Crippen LogP contribution is -2.40. The first-order valence-corrected chi connectivity index (χ1v) is 8.40. The summed E-state index contributed by atoms with van der Waals surface area (Å²) in [6.07, 6.45) is 0. The second-order valence-electron chi connectivity index (χ2n) is 6.09. The molecule has 0 saturated carbocycles. The summed E-state index contributed by atoms with van der Waals surface area (Å²) < 4.78 is 5.43. The fourth-order valence-corrected chi connectivity index (χ4v) is 3.34. The van der Waals surface area contributed by atoms with E-state index >= 15 is 0 Å². The van der Waals surface area contributed by atoms with E-state index in [-0.39, 0.29) is 5.91 Å². The molecule has 1 amide bonds. The van der Waals surface area contributed by atoms with Crippen molar-refractivity contribution >= 4 is 23.0 Å². The number of carbonyl (C=O) groups excluding carboxylic acids is 1. The number of para-hydroxylation sites is 3. The van der Waals surface area contributed by atoms with E-state index in [4.69, 9.17) is 4.74 Å². The van der Waals surface area contributed by atoms with Crippen molar-refractivity contribution < 1.29 is 9.53 Å². The van der Waals surface area contributed by atoms with Crippen LogP contribution in [0.3, 0.4) is 0 Å². The average Bonchev–Trinajstić information content (AvgIpc) is 2.75. The number of fused-ring (bicyclic) bond motifs is 2. The van der Waals surface area contributed by atoms with Crippen molar-refractivity contribution in [2.24, 2.45) is 0 Å². The molecule has 24 heavy (non-hydrogen) atoms. The molecule has 2 aliphatic heterocycles. The Hall–Kier alpha value is -2.37. The summed E-state index contributed by atoms with van der Waals surface area (Å²) in [5.74, 6) is -0.0491. The highest BCUT2D eigenvalue weighted by atomic mass is 16.5. The van der Waals surface area contributed by atoms with Crippen LogP contribution >= 0.6 is 0 Å².